The molecule has 0 aromatic carbocycles. The first kappa shape index (κ1) is 12.6. The molecule has 4 nitrogen and oxygen atoms in total. The standard InChI is InChI=1S/C13H23N3O/c1-10(2)16-7-6-12(15-16)9-17-13-5-3-4-11(13)8-14/h6-7,10-11,13H,3-5,8-9,14H2,1-2H3. The van der Waals surface area contributed by atoms with E-state index in [0.717, 1.165) is 18.7 Å². The van der Waals surface area contributed by atoms with Crippen LogP contribution in [0.15, 0.2) is 12.3 Å². The van der Waals surface area contributed by atoms with Gasteiger partial charge < -0.3 is 10.5 Å². The third kappa shape index (κ3) is 3.07. The largest absolute Gasteiger partial charge is 0.372 e. The van der Waals surface area contributed by atoms with Crippen LogP contribution in [0.5, 0.6) is 0 Å². The van der Waals surface area contributed by atoms with Crippen LogP contribution in [-0.2, 0) is 11.3 Å². The van der Waals surface area contributed by atoms with E-state index in [-0.39, 0.29) is 0 Å². The second-order valence-electron chi connectivity index (χ2n) is 5.16. The molecular weight excluding hydrogens is 214 g/mol. The molecule has 1 aliphatic carbocycles. The number of ether oxygens (including phenoxy) is 1. The number of hydrogen-bond donors (Lipinski definition) is 1. The molecule has 0 aliphatic heterocycles. The highest BCUT2D eigenvalue weighted by Gasteiger charge is 2.26. The molecule has 1 fully saturated rings. The van der Waals surface area contributed by atoms with Crippen molar-refractivity contribution in [1.82, 2.24) is 9.78 Å². The van der Waals surface area contributed by atoms with Crippen molar-refractivity contribution >= 4 is 0 Å². The molecule has 0 amide bonds. The van der Waals surface area contributed by atoms with E-state index in [2.05, 4.69) is 18.9 Å². The van der Waals surface area contributed by atoms with Crippen LogP contribution in [0.3, 0.4) is 0 Å². The molecule has 2 N–H and O–H groups in total. The Morgan fingerprint density at radius 3 is 3.00 bits per heavy atom. The molecule has 2 rings (SSSR count). The van der Waals surface area contributed by atoms with Gasteiger partial charge in [-0.25, -0.2) is 0 Å². The van der Waals surface area contributed by atoms with Crippen molar-refractivity contribution in [2.75, 3.05) is 6.54 Å². The number of hydrogen-bond acceptors (Lipinski definition) is 3. The number of aromatic nitrogens is 2. The van der Waals surface area contributed by atoms with Gasteiger partial charge in [-0.15, -0.1) is 0 Å². The summed E-state index contributed by atoms with van der Waals surface area (Å²) < 4.78 is 7.90. The fourth-order valence-corrected chi connectivity index (χ4v) is 2.43. The van der Waals surface area contributed by atoms with Crippen LogP contribution in [0.25, 0.3) is 0 Å². The third-order valence-corrected chi connectivity index (χ3v) is 3.53. The number of rotatable bonds is 5. The zero-order valence-electron chi connectivity index (χ0n) is 10.8. The van der Waals surface area contributed by atoms with E-state index >= 15 is 0 Å². The average molecular weight is 237 g/mol. The van der Waals surface area contributed by atoms with Gasteiger partial charge in [-0.05, 0) is 45.2 Å². The maximum atomic E-state index is 5.93. The highest BCUT2D eigenvalue weighted by atomic mass is 16.5. The van der Waals surface area contributed by atoms with Crippen molar-refractivity contribution in [3.8, 4) is 0 Å². The average Bonchev–Trinajstić information content (AvgIpc) is 2.95. The molecular formula is C13H23N3O. The zero-order chi connectivity index (χ0) is 12.3. The van der Waals surface area contributed by atoms with Crippen molar-refractivity contribution in [2.45, 2.75) is 51.9 Å². The lowest BCUT2D eigenvalue weighted by Gasteiger charge is -2.17. The van der Waals surface area contributed by atoms with Crippen molar-refractivity contribution in [3.05, 3.63) is 18.0 Å². The van der Waals surface area contributed by atoms with Crippen molar-refractivity contribution in [1.29, 1.82) is 0 Å². The molecule has 17 heavy (non-hydrogen) atoms. The molecule has 0 spiro atoms. The third-order valence-electron chi connectivity index (χ3n) is 3.53. The van der Waals surface area contributed by atoms with E-state index in [0.29, 0.717) is 24.7 Å². The molecule has 2 atom stereocenters. The Labute approximate surface area is 103 Å². The van der Waals surface area contributed by atoms with Crippen LogP contribution in [-0.4, -0.2) is 22.4 Å². The van der Waals surface area contributed by atoms with E-state index in [9.17, 15) is 0 Å². The summed E-state index contributed by atoms with van der Waals surface area (Å²) in [4.78, 5) is 0. The van der Waals surface area contributed by atoms with Gasteiger partial charge in [0.2, 0.25) is 0 Å². The Hall–Kier alpha value is -0.870. The van der Waals surface area contributed by atoms with Crippen molar-refractivity contribution in [3.63, 3.8) is 0 Å². The van der Waals surface area contributed by atoms with Gasteiger partial charge in [0.05, 0.1) is 18.4 Å². The van der Waals surface area contributed by atoms with E-state index in [4.69, 9.17) is 10.5 Å². The SMILES string of the molecule is CC(C)n1ccc(COC2CCCC2CN)n1. The topological polar surface area (TPSA) is 53.1 Å². The van der Waals surface area contributed by atoms with Gasteiger partial charge in [0.1, 0.15) is 0 Å². The maximum absolute atomic E-state index is 5.93. The minimum Gasteiger partial charge on any atom is -0.372 e. The van der Waals surface area contributed by atoms with Gasteiger partial charge >= 0.3 is 0 Å². The minimum atomic E-state index is 0.337. The monoisotopic (exact) mass is 237 g/mol. The summed E-state index contributed by atoms with van der Waals surface area (Å²) in [5.41, 5.74) is 6.75. The first-order valence-corrected chi connectivity index (χ1v) is 6.56. The molecule has 1 saturated carbocycles. The number of nitrogens with two attached hydrogens (primary N) is 1. The minimum absolute atomic E-state index is 0.337. The summed E-state index contributed by atoms with van der Waals surface area (Å²) in [6, 6.07) is 2.44. The quantitative estimate of drug-likeness (QED) is 0.853. The first-order valence-electron chi connectivity index (χ1n) is 6.56. The molecule has 1 aliphatic rings. The number of nitrogens with zero attached hydrogens (tertiary/aromatic N) is 2. The van der Waals surface area contributed by atoms with Crippen LogP contribution >= 0.6 is 0 Å². The Balaban J connectivity index is 1.84. The maximum Gasteiger partial charge on any atom is 0.0910 e. The van der Waals surface area contributed by atoms with E-state index in [1.54, 1.807) is 0 Å². The molecule has 1 heterocycles. The Morgan fingerprint density at radius 1 is 1.53 bits per heavy atom. The molecule has 0 radical (unpaired) electrons. The lowest BCUT2D eigenvalue weighted by molar-refractivity contribution is 0.0163. The summed E-state index contributed by atoms with van der Waals surface area (Å²) in [6.45, 7) is 5.60. The van der Waals surface area contributed by atoms with E-state index in [1.165, 1.54) is 12.8 Å². The lowest BCUT2D eigenvalue weighted by atomic mass is 10.1. The lowest BCUT2D eigenvalue weighted by Crippen LogP contribution is -2.25. The highest BCUT2D eigenvalue weighted by molar-refractivity contribution is 4.98. The second kappa shape index (κ2) is 5.65. The molecule has 2 unspecified atom stereocenters. The second-order valence-corrected chi connectivity index (χ2v) is 5.16. The van der Waals surface area contributed by atoms with Crippen LogP contribution in [0, 0.1) is 5.92 Å². The Morgan fingerprint density at radius 2 is 2.35 bits per heavy atom. The van der Waals surface area contributed by atoms with Crippen molar-refractivity contribution < 1.29 is 4.74 Å². The predicted octanol–water partition coefficient (Wildman–Crippen LogP) is 2.11. The summed E-state index contributed by atoms with van der Waals surface area (Å²) in [7, 11) is 0. The van der Waals surface area contributed by atoms with E-state index in [1.807, 2.05) is 16.9 Å². The fourth-order valence-electron chi connectivity index (χ4n) is 2.43. The smallest absolute Gasteiger partial charge is 0.0910 e. The molecule has 0 bridgehead atoms. The van der Waals surface area contributed by atoms with Crippen LogP contribution in [0.2, 0.25) is 0 Å². The molecule has 1 aromatic heterocycles. The molecule has 1 aromatic rings. The molecule has 96 valence electrons. The zero-order valence-corrected chi connectivity index (χ0v) is 10.8. The van der Waals surface area contributed by atoms with Gasteiger partial charge in [0, 0.05) is 12.2 Å². The van der Waals surface area contributed by atoms with Gasteiger partial charge in [-0.1, -0.05) is 6.42 Å². The van der Waals surface area contributed by atoms with Gasteiger partial charge in [0.15, 0.2) is 0 Å². The fraction of sp³-hybridized carbons (Fsp3) is 0.769. The Kier molecular flexibility index (Phi) is 4.18. The van der Waals surface area contributed by atoms with Crippen LogP contribution < -0.4 is 5.73 Å². The Bertz CT molecular complexity index is 348. The molecule has 0 saturated heterocycles. The van der Waals surface area contributed by atoms with Gasteiger partial charge in [-0.3, -0.25) is 4.68 Å². The summed E-state index contributed by atoms with van der Waals surface area (Å²) in [5, 5.41) is 4.48. The van der Waals surface area contributed by atoms with Gasteiger partial charge in [0.25, 0.3) is 0 Å². The van der Waals surface area contributed by atoms with Gasteiger partial charge in [-0.2, -0.15) is 5.10 Å². The summed E-state index contributed by atoms with van der Waals surface area (Å²) >= 11 is 0. The summed E-state index contributed by atoms with van der Waals surface area (Å²) in [5.74, 6) is 0.544. The summed E-state index contributed by atoms with van der Waals surface area (Å²) in [6.07, 6.45) is 5.95. The first-order chi connectivity index (χ1) is 8.20. The molecule has 4 heteroatoms. The normalized spacial score (nSPS) is 24.7. The predicted molar refractivity (Wildman–Crippen MR) is 67.6 cm³/mol. The van der Waals surface area contributed by atoms with E-state index < -0.39 is 0 Å². The highest BCUT2D eigenvalue weighted by Crippen LogP contribution is 2.27. The van der Waals surface area contributed by atoms with Crippen molar-refractivity contribution in [2.24, 2.45) is 11.7 Å². The van der Waals surface area contributed by atoms with Crippen LogP contribution in [0.1, 0.15) is 44.8 Å². The van der Waals surface area contributed by atoms with Crippen LogP contribution in [0.4, 0.5) is 0 Å².